The number of hydrogen-bond donors (Lipinski definition) is 2. The average molecular weight is 320 g/mol. The van der Waals surface area contributed by atoms with E-state index in [0.29, 0.717) is 17.0 Å². The fourth-order valence-corrected chi connectivity index (χ4v) is 2.30. The Hall–Kier alpha value is -1.88. The van der Waals surface area contributed by atoms with Crippen LogP contribution in [0.3, 0.4) is 0 Å². The van der Waals surface area contributed by atoms with Crippen molar-refractivity contribution in [3.8, 4) is 0 Å². The molecule has 3 rings (SSSR count). The molecule has 2 N–H and O–H groups in total. The summed E-state index contributed by atoms with van der Waals surface area (Å²) in [7, 11) is 0. The molecule has 0 spiro atoms. The van der Waals surface area contributed by atoms with Gasteiger partial charge in [0.05, 0.1) is 15.5 Å². The summed E-state index contributed by atoms with van der Waals surface area (Å²) >= 11 is 3.17. The van der Waals surface area contributed by atoms with Crippen LogP contribution in [0.15, 0.2) is 46.9 Å². The van der Waals surface area contributed by atoms with Crippen LogP contribution in [-0.2, 0) is 6.54 Å². The second-order valence-electron chi connectivity index (χ2n) is 4.20. The van der Waals surface area contributed by atoms with E-state index in [1.54, 1.807) is 12.1 Å². The highest BCUT2D eigenvalue weighted by Crippen LogP contribution is 2.18. The molecule has 0 amide bonds. The van der Waals surface area contributed by atoms with E-state index in [1.165, 1.54) is 6.07 Å². The van der Waals surface area contributed by atoms with Gasteiger partial charge in [0.1, 0.15) is 5.82 Å². The zero-order chi connectivity index (χ0) is 13.2. The molecule has 19 heavy (non-hydrogen) atoms. The molecule has 0 saturated carbocycles. The number of aromatic amines is 1. The summed E-state index contributed by atoms with van der Waals surface area (Å²) < 4.78 is 13.6. The number of benzene rings is 2. The van der Waals surface area contributed by atoms with Crippen LogP contribution in [0.1, 0.15) is 5.56 Å². The molecule has 1 aromatic heterocycles. The zero-order valence-electron chi connectivity index (χ0n) is 9.95. The van der Waals surface area contributed by atoms with Gasteiger partial charge in [-0.2, -0.15) is 0 Å². The number of para-hydroxylation sites is 2. The minimum Gasteiger partial charge on any atom is -0.352 e. The predicted molar refractivity (Wildman–Crippen MR) is 77.5 cm³/mol. The molecule has 0 bridgehead atoms. The van der Waals surface area contributed by atoms with Gasteiger partial charge < -0.3 is 10.3 Å². The highest BCUT2D eigenvalue weighted by molar-refractivity contribution is 9.10. The molecule has 1 heterocycles. The van der Waals surface area contributed by atoms with Gasteiger partial charge in [-0.15, -0.1) is 0 Å². The lowest BCUT2D eigenvalue weighted by molar-refractivity contribution is 0.620. The van der Waals surface area contributed by atoms with E-state index in [2.05, 4.69) is 31.2 Å². The van der Waals surface area contributed by atoms with Crippen LogP contribution < -0.4 is 5.32 Å². The van der Waals surface area contributed by atoms with Crippen molar-refractivity contribution in [1.29, 1.82) is 0 Å². The lowest BCUT2D eigenvalue weighted by atomic mass is 10.2. The number of anilines is 1. The van der Waals surface area contributed by atoms with Crippen molar-refractivity contribution in [2.24, 2.45) is 0 Å². The van der Waals surface area contributed by atoms with Crippen molar-refractivity contribution < 1.29 is 4.39 Å². The van der Waals surface area contributed by atoms with Crippen LogP contribution >= 0.6 is 15.9 Å². The van der Waals surface area contributed by atoms with E-state index in [9.17, 15) is 4.39 Å². The fraction of sp³-hybridized carbons (Fsp3) is 0.0714. The van der Waals surface area contributed by atoms with Gasteiger partial charge in [-0.25, -0.2) is 9.37 Å². The molecule has 96 valence electrons. The van der Waals surface area contributed by atoms with E-state index in [1.807, 2.05) is 24.3 Å². The molecule has 0 fully saturated rings. The Balaban J connectivity index is 1.76. The summed E-state index contributed by atoms with van der Waals surface area (Å²) in [5.41, 5.74) is 2.89. The third-order valence-corrected chi connectivity index (χ3v) is 3.44. The third kappa shape index (κ3) is 2.61. The Morgan fingerprint density at radius 2 is 2.05 bits per heavy atom. The second-order valence-corrected chi connectivity index (χ2v) is 5.06. The molecule has 2 aromatic carbocycles. The van der Waals surface area contributed by atoms with E-state index in [-0.39, 0.29) is 5.82 Å². The molecule has 3 aromatic rings. The molecular formula is C14H11BrFN3. The lowest BCUT2D eigenvalue weighted by Crippen LogP contribution is -2.01. The molecule has 0 radical (unpaired) electrons. The largest absolute Gasteiger partial charge is 0.352 e. The van der Waals surface area contributed by atoms with Crippen LogP contribution in [0.4, 0.5) is 10.3 Å². The minimum absolute atomic E-state index is 0.257. The Morgan fingerprint density at radius 3 is 2.84 bits per heavy atom. The maximum atomic E-state index is 13.1. The minimum atomic E-state index is -0.257. The van der Waals surface area contributed by atoms with Gasteiger partial charge in [0, 0.05) is 6.54 Å². The maximum Gasteiger partial charge on any atom is 0.201 e. The van der Waals surface area contributed by atoms with Crippen molar-refractivity contribution in [2.45, 2.75) is 6.54 Å². The van der Waals surface area contributed by atoms with Crippen molar-refractivity contribution >= 4 is 32.9 Å². The van der Waals surface area contributed by atoms with Gasteiger partial charge in [0.15, 0.2) is 0 Å². The number of nitrogens with one attached hydrogen (secondary N) is 2. The summed E-state index contributed by atoms with van der Waals surface area (Å²) in [6, 6.07) is 12.8. The van der Waals surface area contributed by atoms with E-state index < -0.39 is 0 Å². The molecule has 0 unspecified atom stereocenters. The molecule has 0 aliphatic rings. The monoisotopic (exact) mass is 319 g/mol. The molecule has 0 atom stereocenters. The Kier molecular flexibility index (Phi) is 3.21. The molecule has 0 aliphatic carbocycles. The van der Waals surface area contributed by atoms with Gasteiger partial charge in [-0.3, -0.25) is 0 Å². The Bertz CT molecular complexity index is 691. The van der Waals surface area contributed by atoms with Crippen LogP contribution in [0.5, 0.6) is 0 Å². The quantitative estimate of drug-likeness (QED) is 0.763. The first-order chi connectivity index (χ1) is 9.22. The normalized spacial score (nSPS) is 10.8. The van der Waals surface area contributed by atoms with Gasteiger partial charge in [0.25, 0.3) is 0 Å². The number of fused-ring (bicyclic) bond motifs is 1. The summed E-state index contributed by atoms with van der Waals surface area (Å²) in [5.74, 6) is 0.453. The van der Waals surface area contributed by atoms with E-state index in [0.717, 1.165) is 16.6 Å². The van der Waals surface area contributed by atoms with Crippen LogP contribution in [0, 0.1) is 5.82 Å². The first kappa shape index (κ1) is 12.2. The number of rotatable bonds is 3. The van der Waals surface area contributed by atoms with E-state index >= 15 is 0 Å². The van der Waals surface area contributed by atoms with Crippen molar-refractivity contribution in [3.05, 3.63) is 58.3 Å². The molecule has 3 nitrogen and oxygen atoms in total. The maximum absolute atomic E-state index is 13.1. The fourth-order valence-electron chi connectivity index (χ4n) is 1.87. The topological polar surface area (TPSA) is 40.7 Å². The van der Waals surface area contributed by atoms with Gasteiger partial charge in [0.2, 0.25) is 5.95 Å². The first-order valence-corrected chi connectivity index (χ1v) is 6.64. The van der Waals surface area contributed by atoms with Gasteiger partial charge in [-0.1, -0.05) is 18.2 Å². The van der Waals surface area contributed by atoms with Crippen molar-refractivity contribution in [1.82, 2.24) is 9.97 Å². The molecular weight excluding hydrogens is 309 g/mol. The van der Waals surface area contributed by atoms with Crippen LogP contribution in [-0.4, -0.2) is 9.97 Å². The molecule has 0 aliphatic heterocycles. The predicted octanol–water partition coefficient (Wildman–Crippen LogP) is 4.08. The second kappa shape index (κ2) is 5.01. The number of H-pyrrole nitrogens is 1. The number of halogens is 2. The van der Waals surface area contributed by atoms with Crippen molar-refractivity contribution in [2.75, 3.05) is 5.32 Å². The zero-order valence-corrected chi connectivity index (χ0v) is 11.5. The smallest absolute Gasteiger partial charge is 0.201 e. The van der Waals surface area contributed by atoms with Crippen molar-refractivity contribution in [3.63, 3.8) is 0 Å². The number of aromatic nitrogens is 2. The van der Waals surface area contributed by atoms with E-state index in [4.69, 9.17) is 0 Å². The standard InChI is InChI=1S/C14H11BrFN3/c15-10-7-9(5-6-11(10)16)8-17-14-18-12-3-1-2-4-13(12)19-14/h1-7H,8H2,(H2,17,18,19). The van der Waals surface area contributed by atoms with Crippen LogP contribution in [0.2, 0.25) is 0 Å². The average Bonchev–Trinajstić information content (AvgIpc) is 2.83. The summed E-state index contributed by atoms with van der Waals surface area (Å²) in [4.78, 5) is 7.60. The highest BCUT2D eigenvalue weighted by atomic mass is 79.9. The van der Waals surface area contributed by atoms with Crippen LogP contribution in [0.25, 0.3) is 11.0 Å². The lowest BCUT2D eigenvalue weighted by Gasteiger charge is -2.04. The Labute approximate surface area is 118 Å². The number of hydrogen-bond acceptors (Lipinski definition) is 2. The summed E-state index contributed by atoms with van der Waals surface area (Å²) in [6.45, 7) is 0.582. The highest BCUT2D eigenvalue weighted by Gasteiger charge is 2.03. The SMILES string of the molecule is Fc1ccc(CNc2nc3ccccc3[nH]2)cc1Br. The molecule has 5 heteroatoms. The Morgan fingerprint density at radius 1 is 1.21 bits per heavy atom. The third-order valence-electron chi connectivity index (χ3n) is 2.83. The summed E-state index contributed by atoms with van der Waals surface area (Å²) in [5, 5.41) is 3.19. The summed E-state index contributed by atoms with van der Waals surface area (Å²) in [6.07, 6.45) is 0. The molecule has 0 saturated heterocycles. The van der Waals surface area contributed by atoms with Gasteiger partial charge in [-0.05, 0) is 45.8 Å². The number of nitrogens with zero attached hydrogens (tertiary/aromatic N) is 1. The first-order valence-electron chi connectivity index (χ1n) is 5.85. The number of imidazole rings is 1. The van der Waals surface area contributed by atoms with Gasteiger partial charge >= 0.3 is 0 Å².